The van der Waals surface area contributed by atoms with Crippen molar-refractivity contribution in [2.45, 2.75) is 58.2 Å². The average Bonchev–Trinajstić information content (AvgIpc) is 3.28. The van der Waals surface area contributed by atoms with Crippen molar-refractivity contribution in [1.82, 2.24) is 20.1 Å². The lowest BCUT2D eigenvalue weighted by Gasteiger charge is -2.21. The third kappa shape index (κ3) is 3.16. The number of hydrogen-bond acceptors (Lipinski definition) is 3. The Bertz CT molecular complexity index is 586. The summed E-state index contributed by atoms with van der Waals surface area (Å²) in [5.41, 5.74) is 1.37. The maximum Gasteiger partial charge on any atom is 0.147 e. The molecule has 1 saturated carbocycles. The van der Waals surface area contributed by atoms with E-state index < -0.39 is 0 Å². The SMILES string of the molecule is Cc1nnc(CN[C@@H](C)[C@H](C)c2ccccc2)n1C1CC1. The molecule has 0 amide bonds. The number of nitrogens with one attached hydrogen (secondary N) is 1. The smallest absolute Gasteiger partial charge is 0.147 e. The summed E-state index contributed by atoms with van der Waals surface area (Å²) in [5, 5.41) is 12.2. The van der Waals surface area contributed by atoms with E-state index in [0.717, 1.165) is 18.2 Å². The highest BCUT2D eigenvalue weighted by Gasteiger charge is 2.28. The summed E-state index contributed by atoms with van der Waals surface area (Å²) in [6, 6.07) is 11.7. The van der Waals surface area contributed by atoms with Gasteiger partial charge in [-0.05, 0) is 38.2 Å². The Labute approximate surface area is 126 Å². The molecule has 1 aromatic heterocycles. The first-order valence-corrected chi connectivity index (χ1v) is 7.85. The lowest BCUT2D eigenvalue weighted by Crippen LogP contribution is -2.31. The molecule has 112 valence electrons. The number of rotatable bonds is 6. The van der Waals surface area contributed by atoms with Gasteiger partial charge in [0.05, 0.1) is 6.54 Å². The number of nitrogens with zero attached hydrogens (tertiary/aromatic N) is 3. The van der Waals surface area contributed by atoms with Gasteiger partial charge in [-0.3, -0.25) is 0 Å². The third-order valence-electron chi connectivity index (χ3n) is 4.51. The first-order chi connectivity index (χ1) is 10.2. The molecule has 0 spiro atoms. The highest BCUT2D eigenvalue weighted by molar-refractivity contribution is 5.20. The van der Waals surface area contributed by atoms with Gasteiger partial charge in [-0.25, -0.2) is 0 Å². The molecule has 0 radical (unpaired) electrons. The monoisotopic (exact) mass is 284 g/mol. The van der Waals surface area contributed by atoms with Crippen LogP contribution in [0, 0.1) is 6.92 Å². The number of benzene rings is 1. The predicted molar refractivity (Wildman–Crippen MR) is 84.2 cm³/mol. The molecular formula is C17H24N4. The minimum Gasteiger partial charge on any atom is -0.311 e. The van der Waals surface area contributed by atoms with Crippen LogP contribution in [0.5, 0.6) is 0 Å². The summed E-state index contributed by atoms with van der Waals surface area (Å²) >= 11 is 0. The molecule has 4 heteroatoms. The molecule has 1 aliphatic carbocycles. The zero-order chi connectivity index (χ0) is 14.8. The molecule has 3 rings (SSSR count). The Kier molecular flexibility index (Phi) is 4.06. The minimum absolute atomic E-state index is 0.400. The van der Waals surface area contributed by atoms with Crippen molar-refractivity contribution in [3.63, 3.8) is 0 Å². The van der Waals surface area contributed by atoms with Crippen molar-refractivity contribution in [2.75, 3.05) is 0 Å². The van der Waals surface area contributed by atoms with Gasteiger partial charge in [-0.1, -0.05) is 37.3 Å². The van der Waals surface area contributed by atoms with Crippen LogP contribution in [-0.2, 0) is 6.54 Å². The molecule has 0 aliphatic heterocycles. The number of aryl methyl sites for hydroxylation is 1. The van der Waals surface area contributed by atoms with Gasteiger partial charge in [0.1, 0.15) is 11.6 Å². The second kappa shape index (κ2) is 5.98. The van der Waals surface area contributed by atoms with E-state index in [2.05, 4.69) is 64.3 Å². The molecule has 21 heavy (non-hydrogen) atoms. The maximum absolute atomic E-state index is 4.33. The van der Waals surface area contributed by atoms with Crippen LogP contribution in [-0.4, -0.2) is 20.8 Å². The normalized spacial score (nSPS) is 17.7. The molecule has 1 aromatic carbocycles. The topological polar surface area (TPSA) is 42.7 Å². The number of hydrogen-bond donors (Lipinski definition) is 1. The Balaban J connectivity index is 1.62. The highest BCUT2D eigenvalue weighted by Crippen LogP contribution is 2.36. The van der Waals surface area contributed by atoms with Gasteiger partial charge in [-0.15, -0.1) is 10.2 Å². The van der Waals surface area contributed by atoms with Crippen LogP contribution < -0.4 is 5.32 Å². The van der Waals surface area contributed by atoms with Gasteiger partial charge in [0.25, 0.3) is 0 Å². The van der Waals surface area contributed by atoms with Crippen LogP contribution in [0.4, 0.5) is 0 Å². The van der Waals surface area contributed by atoms with E-state index in [1.807, 2.05) is 6.92 Å². The highest BCUT2D eigenvalue weighted by atomic mass is 15.3. The Morgan fingerprint density at radius 1 is 1.19 bits per heavy atom. The molecule has 0 unspecified atom stereocenters. The Morgan fingerprint density at radius 2 is 1.90 bits per heavy atom. The van der Waals surface area contributed by atoms with Crippen LogP contribution >= 0.6 is 0 Å². The fourth-order valence-electron chi connectivity index (χ4n) is 2.82. The minimum atomic E-state index is 0.400. The van der Waals surface area contributed by atoms with Gasteiger partial charge >= 0.3 is 0 Å². The second-order valence-electron chi connectivity index (χ2n) is 6.13. The molecule has 1 fully saturated rings. The summed E-state index contributed by atoms with van der Waals surface area (Å²) < 4.78 is 2.30. The molecule has 1 N–H and O–H groups in total. The number of aromatic nitrogens is 3. The van der Waals surface area contributed by atoms with Crippen molar-refractivity contribution in [1.29, 1.82) is 0 Å². The van der Waals surface area contributed by atoms with Gasteiger partial charge < -0.3 is 9.88 Å². The van der Waals surface area contributed by atoms with Crippen molar-refractivity contribution < 1.29 is 0 Å². The van der Waals surface area contributed by atoms with E-state index in [0.29, 0.717) is 18.0 Å². The van der Waals surface area contributed by atoms with Crippen molar-refractivity contribution >= 4 is 0 Å². The molecule has 2 atom stereocenters. The van der Waals surface area contributed by atoms with Crippen LogP contribution in [0.1, 0.15) is 55.9 Å². The van der Waals surface area contributed by atoms with E-state index in [-0.39, 0.29) is 0 Å². The summed E-state index contributed by atoms with van der Waals surface area (Å²) in [7, 11) is 0. The Morgan fingerprint density at radius 3 is 2.57 bits per heavy atom. The molecule has 2 aromatic rings. The van der Waals surface area contributed by atoms with Crippen LogP contribution in [0.3, 0.4) is 0 Å². The first-order valence-electron chi connectivity index (χ1n) is 7.85. The zero-order valence-electron chi connectivity index (χ0n) is 13.1. The first kappa shape index (κ1) is 14.3. The summed E-state index contributed by atoms with van der Waals surface area (Å²) in [6.07, 6.45) is 2.53. The van der Waals surface area contributed by atoms with Crippen LogP contribution in [0.25, 0.3) is 0 Å². The van der Waals surface area contributed by atoms with Gasteiger partial charge in [0, 0.05) is 12.1 Å². The van der Waals surface area contributed by atoms with E-state index in [9.17, 15) is 0 Å². The molecule has 1 heterocycles. The molecule has 0 saturated heterocycles. The summed E-state index contributed by atoms with van der Waals surface area (Å²) in [4.78, 5) is 0. The predicted octanol–water partition coefficient (Wildman–Crippen LogP) is 3.20. The summed E-state index contributed by atoms with van der Waals surface area (Å²) in [5.74, 6) is 2.59. The quantitative estimate of drug-likeness (QED) is 0.885. The summed E-state index contributed by atoms with van der Waals surface area (Å²) in [6.45, 7) is 7.34. The molecule has 1 aliphatic rings. The zero-order valence-corrected chi connectivity index (χ0v) is 13.1. The Hall–Kier alpha value is -1.68. The van der Waals surface area contributed by atoms with E-state index in [1.165, 1.54) is 18.4 Å². The fourth-order valence-corrected chi connectivity index (χ4v) is 2.82. The molecule has 0 bridgehead atoms. The molecular weight excluding hydrogens is 260 g/mol. The molecule has 4 nitrogen and oxygen atoms in total. The van der Waals surface area contributed by atoms with Gasteiger partial charge in [0.15, 0.2) is 0 Å². The van der Waals surface area contributed by atoms with Crippen LogP contribution in [0.2, 0.25) is 0 Å². The largest absolute Gasteiger partial charge is 0.311 e. The van der Waals surface area contributed by atoms with Crippen LogP contribution in [0.15, 0.2) is 30.3 Å². The van der Waals surface area contributed by atoms with Crippen molar-refractivity contribution in [2.24, 2.45) is 0 Å². The fraction of sp³-hybridized carbons (Fsp3) is 0.529. The van der Waals surface area contributed by atoms with Gasteiger partial charge in [-0.2, -0.15) is 0 Å². The lowest BCUT2D eigenvalue weighted by molar-refractivity contribution is 0.463. The lowest BCUT2D eigenvalue weighted by atomic mass is 9.94. The van der Waals surface area contributed by atoms with Crippen molar-refractivity contribution in [3.8, 4) is 0 Å². The van der Waals surface area contributed by atoms with Crippen molar-refractivity contribution in [3.05, 3.63) is 47.5 Å². The average molecular weight is 284 g/mol. The van der Waals surface area contributed by atoms with Gasteiger partial charge in [0.2, 0.25) is 0 Å². The van der Waals surface area contributed by atoms with E-state index in [1.54, 1.807) is 0 Å². The van der Waals surface area contributed by atoms with E-state index in [4.69, 9.17) is 0 Å². The second-order valence-corrected chi connectivity index (χ2v) is 6.13. The van der Waals surface area contributed by atoms with E-state index >= 15 is 0 Å². The maximum atomic E-state index is 4.33. The third-order valence-corrected chi connectivity index (χ3v) is 4.51. The standard InChI is InChI=1S/C17H24N4/c1-12(15-7-5-4-6-8-15)13(2)18-11-17-20-19-14(3)21(17)16-9-10-16/h4-8,12-13,16,18H,9-11H2,1-3H3/t12-,13-/m0/s1.